The van der Waals surface area contributed by atoms with Crippen molar-refractivity contribution in [1.29, 1.82) is 0 Å². The lowest BCUT2D eigenvalue weighted by atomic mass is 9.76. The lowest BCUT2D eigenvalue weighted by molar-refractivity contribution is -0.139. The fraction of sp³-hybridized carbons (Fsp3) is 0.583. The highest BCUT2D eigenvalue weighted by atomic mass is 28.3. The quantitative estimate of drug-likeness (QED) is 0.328. The predicted octanol–water partition coefficient (Wildman–Crippen LogP) is 4.45. The third-order valence-electron chi connectivity index (χ3n) is 5.62. The number of hydrogen-bond acceptors (Lipinski definition) is 6. The molecule has 1 N–H and O–H groups in total. The summed E-state index contributed by atoms with van der Waals surface area (Å²) < 4.78 is 22.9. The lowest BCUT2D eigenvalue weighted by Gasteiger charge is -2.28. The van der Waals surface area contributed by atoms with Gasteiger partial charge in [-0.15, -0.1) is 0 Å². The summed E-state index contributed by atoms with van der Waals surface area (Å²) in [7, 11) is 1.65. The van der Waals surface area contributed by atoms with Gasteiger partial charge in [0.25, 0.3) is 0 Å². The largest absolute Gasteiger partial charge is 0.496 e. The zero-order chi connectivity index (χ0) is 24.4. The first kappa shape index (κ1) is 26.1. The molecule has 1 aromatic rings. The van der Waals surface area contributed by atoms with Gasteiger partial charge in [0.1, 0.15) is 5.75 Å². The maximum atomic E-state index is 13.0. The molecule has 0 radical (unpaired) electrons. The Morgan fingerprint density at radius 1 is 1.28 bits per heavy atom. The molecule has 7 nitrogen and oxygen atoms in total. The van der Waals surface area contributed by atoms with Crippen LogP contribution in [0.3, 0.4) is 0 Å². The van der Waals surface area contributed by atoms with Crippen LogP contribution in [-0.4, -0.2) is 46.4 Å². The number of aliphatic carboxylic acids is 1. The van der Waals surface area contributed by atoms with Crippen LogP contribution >= 0.6 is 0 Å². The Balaban J connectivity index is 2.70. The molecule has 0 spiro atoms. The molecule has 0 aliphatic carbocycles. The number of benzene rings is 1. The van der Waals surface area contributed by atoms with E-state index in [4.69, 9.17) is 23.7 Å². The van der Waals surface area contributed by atoms with Crippen LogP contribution in [0.15, 0.2) is 11.6 Å². The van der Waals surface area contributed by atoms with E-state index < -0.39 is 27.4 Å². The van der Waals surface area contributed by atoms with Crippen LogP contribution in [0, 0.1) is 6.92 Å². The number of hydrogen-bond donors (Lipinski definition) is 1. The van der Waals surface area contributed by atoms with Gasteiger partial charge in [-0.25, -0.2) is 4.79 Å². The van der Waals surface area contributed by atoms with Gasteiger partial charge in [-0.1, -0.05) is 26.8 Å². The predicted molar refractivity (Wildman–Crippen MR) is 125 cm³/mol. The molecular formula is C24H36O7Si. The van der Waals surface area contributed by atoms with E-state index in [0.717, 1.165) is 27.8 Å². The van der Waals surface area contributed by atoms with Gasteiger partial charge in [0.15, 0.2) is 9.04 Å². The summed E-state index contributed by atoms with van der Waals surface area (Å²) in [5.74, 6) is -0.603. The number of fused-ring (bicyclic) bond motifs is 1. The molecule has 1 aliphatic rings. The number of carboxylic acid groups (broad SMARTS) is 1. The normalized spacial score (nSPS) is 17.4. The molecule has 0 bridgehead atoms. The number of rotatable bonds is 9. The number of cyclic esters (lactones) is 1. The molecule has 8 heteroatoms. The van der Waals surface area contributed by atoms with Crippen molar-refractivity contribution in [1.82, 2.24) is 0 Å². The van der Waals surface area contributed by atoms with Crippen molar-refractivity contribution in [3.63, 3.8) is 0 Å². The van der Waals surface area contributed by atoms with Crippen LogP contribution < -0.4 is 4.74 Å². The minimum absolute atomic E-state index is 0.115. The fourth-order valence-electron chi connectivity index (χ4n) is 4.28. The van der Waals surface area contributed by atoms with Gasteiger partial charge in [0.05, 0.1) is 25.2 Å². The summed E-state index contributed by atoms with van der Waals surface area (Å²) >= 11 is 0. The van der Waals surface area contributed by atoms with Crippen LogP contribution in [0.1, 0.15) is 73.0 Å². The maximum absolute atomic E-state index is 13.0. The zero-order valence-electron chi connectivity index (χ0n) is 20.6. The van der Waals surface area contributed by atoms with Gasteiger partial charge >= 0.3 is 11.9 Å². The molecule has 1 aromatic carbocycles. The average Bonchev–Trinajstić information content (AvgIpc) is 2.98. The molecule has 32 heavy (non-hydrogen) atoms. The second-order valence-corrected chi connectivity index (χ2v) is 11.8. The number of ether oxygens (including phenoxy) is 3. The van der Waals surface area contributed by atoms with E-state index in [1.165, 1.54) is 7.11 Å². The Bertz CT molecular complexity index is 912. The summed E-state index contributed by atoms with van der Waals surface area (Å²) in [6.45, 7) is 14.0. The van der Waals surface area contributed by atoms with Crippen molar-refractivity contribution in [3.05, 3.63) is 39.5 Å². The van der Waals surface area contributed by atoms with E-state index in [1.807, 2.05) is 33.0 Å². The molecule has 2 atom stereocenters. The summed E-state index contributed by atoms with van der Waals surface area (Å²) in [6.07, 6.45) is 1.07. The van der Waals surface area contributed by atoms with Crippen LogP contribution in [0.25, 0.3) is 0 Å². The van der Waals surface area contributed by atoms with Crippen molar-refractivity contribution < 1.29 is 33.3 Å². The highest BCUT2D eigenvalue weighted by molar-refractivity contribution is 6.48. The van der Waals surface area contributed by atoms with Crippen molar-refractivity contribution >= 4 is 21.0 Å². The summed E-state index contributed by atoms with van der Waals surface area (Å²) in [4.78, 5) is 24.2. The topological polar surface area (TPSA) is 91.3 Å². The van der Waals surface area contributed by atoms with E-state index in [9.17, 15) is 9.59 Å². The van der Waals surface area contributed by atoms with E-state index in [-0.39, 0.29) is 17.8 Å². The van der Waals surface area contributed by atoms with Crippen LogP contribution in [-0.2, 0) is 30.5 Å². The highest BCUT2D eigenvalue weighted by Gasteiger charge is 2.41. The van der Waals surface area contributed by atoms with Crippen molar-refractivity contribution in [2.75, 3.05) is 14.2 Å². The number of allylic oxidation sites excluding steroid dienone is 1. The van der Waals surface area contributed by atoms with Crippen molar-refractivity contribution in [3.8, 4) is 5.75 Å². The number of carbonyl (C=O) groups excluding carboxylic acids is 1. The Morgan fingerprint density at radius 2 is 1.91 bits per heavy atom. The standard InChI is InChI=1S/C24H36O7Si/c1-13(16(28-6)12-17(25)26)10-11-15-20(24(3,4)5)19-18(14(2)21(15)29-7)23(30-22(19)27)31-32(8)9/h10,16,23,32H,11-12H2,1-9H3,(H,25,26). The molecule has 0 saturated heterocycles. The van der Waals surface area contributed by atoms with E-state index in [2.05, 4.69) is 20.8 Å². The average molecular weight is 465 g/mol. The number of esters is 1. The zero-order valence-corrected chi connectivity index (χ0v) is 21.8. The molecule has 2 rings (SSSR count). The number of carboxylic acids is 1. The minimum atomic E-state index is -1.47. The smallest absolute Gasteiger partial charge is 0.341 e. The number of methoxy groups -OCH3 is 2. The number of carbonyl (C=O) groups is 2. The van der Waals surface area contributed by atoms with Gasteiger partial charge in [-0.2, -0.15) is 0 Å². The van der Waals surface area contributed by atoms with Crippen molar-refractivity contribution in [2.24, 2.45) is 0 Å². The van der Waals surface area contributed by atoms with E-state index in [1.54, 1.807) is 7.11 Å². The molecular weight excluding hydrogens is 428 g/mol. The molecule has 178 valence electrons. The second kappa shape index (κ2) is 10.2. The van der Waals surface area contributed by atoms with Gasteiger partial charge in [-0.3, -0.25) is 4.79 Å². The Hall–Kier alpha value is -2.16. The van der Waals surface area contributed by atoms with Crippen LogP contribution in [0.2, 0.25) is 13.1 Å². The van der Waals surface area contributed by atoms with Crippen molar-refractivity contribution in [2.45, 2.75) is 78.4 Å². The van der Waals surface area contributed by atoms with Crippen LogP contribution in [0.4, 0.5) is 0 Å². The lowest BCUT2D eigenvalue weighted by Crippen LogP contribution is -2.21. The SMILES string of the molecule is COc1c(C)c2c(c(C(C)(C)C)c1CC=C(C)C(CC(=O)O)OC)C(=O)OC2O[SiH](C)C. The minimum Gasteiger partial charge on any atom is -0.496 e. The molecule has 0 saturated carbocycles. The van der Waals surface area contributed by atoms with Gasteiger partial charge in [0, 0.05) is 23.8 Å². The maximum Gasteiger partial charge on any atom is 0.341 e. The van der Waals surface area contributed by atoms with Gasteiger partial charge < -0.3 is 23.7 Å². The fourth-order valence-corrected chi connectivity index (χ4v) is 4.97. The summed E-state index contributed by atoms with van der Waals surface area (Å²) in [6, 6.07) is 0. The second-order valence-electron chi connectivity index (χ2n) is 9.45. The highest BCUT2D eigenvalue weighted by Crippen LogP contribution is 2.47. The molecule has 2 unspecified atom stereocenters. The first-order valence-corrected chi connectivity index (χ1v) is 13.6. The van der Waals surface area contributed by atoms with E-state index in [0.29, 0.717) is 17.7 Å². The Kier molecular flexibility index (Phi) is 8.31. The monoisotopic (exact) mass is 464 g/mol. The van der Waals surface area contributed by atoms with Crippen LogP contribution in [0.5, 0.6) is 5.75 Å². The molecule has 1 aliphatic heterocycles. The molecule has 1 heterocycles. The summed E-state index contributed by atoms with van der Waals surface area (Å²) in [5.41, 5.74) is 4.34. The van der Waals surface area contributed by atoms with Gasteiger partial charge in [-0.05, 0) is 49.9 Å². The Morgan fingerprint density at radius 3 is 2.38 bits per heavy atom. The third-order valence-corrected chi connectivity index (χ3v) is 6.42. The van der Waals surface area contributed by atoms with E-state index >= 15 is 0 Å². The Labute approximate surface area is 192 Å². The third kappa shape index (κ3) is 5.42. The van der Waals surface area contributed by atoms with Gasteiger partial charge in [0.2, 0.25) is 6.29 Å². The molecule has 0 amide bonds. The summed E-state index contributed by atoms with van der Waals surface area (Å²) in [5, 5.41) is 9.15. The molecule has 0 fully saturated rings. The molecule has 0 aromatic heterocycles. The first-order valence-electron chi connectivity index (χ1n) is 10.8. The first-order chi connectivity index (χ1) is 14.8.